The minimum Gasteiger partial charge on any atom is -0.490 e. The van der Waals surface area contributed by atoms with E-state index in [4.69, 9.17) is 4.74 Å². The van der Waals surface area contributed by atoms with E-state index in [9.17, 15) is 4.39 Å². The lowest BCUT2D eigenvalue weighted by Gasteiger charge is -2.18. The van der Waals surface area contributed by atoms with Gasteiger partial charge in [-0.15, -0.1) is 0 Å². The third kappa shape index (κ3) is 6.47. The smallest absolute Gasteiger partial charge is 0.165 e. The van der Waals surface area contributed by atoms with E-state index in [2.05, 4.69) is 26.1 Å². The van der Waals surface area contributed by atoms with Crippen molar-refractivity contribution in [3.8, 4) is 5.75 Å². The predicted octanol–water partition coefficient (Wildman–Crippen LogP) is 5.24. The Hall–Kier alpha value is -1.09. The van der Waals surface area contributed by atoms with E-state index in [-0.39, 0.29) is 11.9 Å². The summed E-state index contributed by atoms with van der Waals surface area (Å²) in [6, 6.07) is 5.28. The molecule has 3 heteroatoms. The topological polar surface area (TPSA) is 21.3 Å². The molecule has 0 spiro atoms. The standard InChI is InChI=1S/C18H30FNO/c1-4-6-7-8-9-14-21-18-16(11-10-12-17(18)19)15(3)20-13-5-2/h10-12,15,20H,4-9,13-14H2,1-3H3. The van der Waals surface area contributed by atoms with Crippen molar-refractivity contribution in [2.24, 2.45) is 0 Å². The predicted molar refractivity (Wildman–Crippen MR) is 87.4 cm³/mol. The minimum absolute atomic E-state index is 0.107. The maximum absolute atomic E-state index is 14.0. The maximum Gasteiger partial charge on any atom is 0.165 e. The van der Waals surface area contributed by atoms with Crippen molar-refractivity contribution in [2.75, 3.05) is 13.2 Å². The Balaban J connectivity index is 2.55. The van der Waals surface area contributed by atoms with E-state index >= 15 is 0 Å². The van der Waals surface area contributed by atoms with Crippen molar-refractivity contribution in [1.29, 1.82) is 0 Å². The van der Waals surface area contributed by atoms with Gasteiger partial charge >= 0.3 is 0 Å². The zero-order chi connectivity index (χ0) is 15.5. The lowest BCUT2D eigenvalue weighted by Crippen LogP contribution is -2.20. The second-order valence-corrected chi connectivity index (χ2v) is 5.60. The third-order valence-electron chi connectivity index (χ3n) is 3.66. The van der Waals surface area contributed by atoms with Crippen LogP contribution in [0.5, 0.6) is 5.75 Å². The van der Waals surface area contributed by atoms with Gasteiger partial charge in [0.15, 0.2) is 11.6 Å². The summed E-state index contributed by atoms with van der Waals surface area (Å²) in [5.41, 5.74) is 0.914. The van der Waals surface area contributed by atoms with E-state index in [0.29, 0.717) is 12.4 Å². The van der Waals surface area contributed by atoms with Crippen LogP contribution >= 0.6 is 0 Å². The molecule has 0 aliphatic rings. The van der Waals surface area contributed by atoms with Gasteiger partial charge in [0.1, 0.15) is 0 Å². The summed E-state index contributed by atoms with van der Waals surface area (Å²) in [4.78, 5) is 0. The summed E-state index contributed by atoms with van der Waals surface area (Å²) < 4.78 is 19.7. The number of para-hydroxylation sites is 1. The number of rotatable bonds is 11. The van der Waals surface area contributed by atoms with Crippen LogP contribution in [-0.4, -0.2) is 13.2 Å². The Labute approximate surface area is 129 Å². The summed E-state index contributed by atoms with van der Waals surface area (Å²) in [7, 11) is 0. The van der Waals surface area contributed by atoms with Crippen molar-refractivity contribution in [1.82, 2.24) is 5.32 Å². The average Bonchev–Trinajstić information content (AvgIpc) is 2.49. The molecule has 0 bridgehead atoms. The highest BCUT2D eigenvalue weighted by molar-refractivity contribution is 5.37. The molecule has 21 heavy (non-hydrogen) atoms. The molecular weight excluding hydrogens is 265 g/mol. The highest BCUT2D eigenvalue weighted by Gasteiger charge is 2.14. The number of benzene rings is 1. The molecular formula is C18H30FNO. The van der Waals surface area contributed by atoms with E-state index in [0.717, 1.165) is 31.4 Å². The maximum atomic E-state index is 14.0. The van der Waals surface area contributed by atoms with Gasteiger partial charge in [-0.05, 0) is 32.4 Å². The summed E-state index contributed by atoms with van der Waals surface area (Å²) in [5.74, 6) is 0.162. The van der Waals surface area contributed by atoms with Crippen LogP contribution in [-0.2, 0) is 0 Å². The lowest BCUT2D eigenvalue weighted by molar-refractivity contribution is 0.284. The lowest BCUT2D eigenvalue weighted by atomic mass is 10.1. The first-order chi connectivity index (χ1) is 10.2. The van der Waals surface area contributed by atoms with Gasteiger partial charge in [-0.25, -0.2) is 4.39 Å². The van der Waals surface area contributed by atoms with Crippen LogP contribution in [0.25, 0.3) is 0 Å². The van der Waals surface area contributed by atoms with Crippen LogP contribution in [0.4, 0.5) is 4.39 Å². The first-order valence-electron chi connectivity index (χ1n) is 8.35. The Morgan fingerprint density at radius 1 is 1.10 bits per heavy atom. The number of ether oxygens (including phenoxy) is 1. The monoisotopic (exact) mass is 295 g/mol. The van der Waals surface area contributed by atoms with Gasteiger partial charge in [-0.1, -0.05) is 51.7 Å². The van der Waals surface area contributed by atoms with Gasteiger partial charge in [-0.2, -0.15) is 0 Å². The second kappa shape index (κ2) is 10.6. The molecule has 1 aromatic carbocycles. The second-order valence-electron chi connectivity index (χ2n) is 5.60. The fourth-order valence-corrected chi connectivity index (χ4v) is 2.37. The summed E-state index contributed by atoms with van der Waals surface area (Å²) >= 11 is 0. The van der Waals surface area contributed by atoms with Crippen molar-refractivity contribution in [3.63, 3.8) is 0 Å². The van der Waals surface area contributed by atoms with E-state index in [1.165, 1.54) is 25.3 Å². The van der Waals surface area contributed by atoms with Gasteiger partial charge in [0, 0.05) is 11.6 Å². The molecule has 0 fully saturated rings. The fraction of sp³-hybridized carbons (Fsp3) is 0.667. The summed E-state index contributed by atoms with van der Waals surface area (Å²) in [6.45, 7) is 7.90. The Kier molecular flexibility index (Phi) is 9.07. The zero-order valence-corrected chi connectivity index (χ0v) is 13.8. The first-order valence-corrected chi connectivity index (χ1v) is 8.35. The zero-order valence-electron chi connectivity index (χ0n) is 13.8. The van der Waals surface area contributed by atoms with Crippen LogP contribution in [0.15, 0.2) is 18.2 Å². The molecule has 2 nitrogen and oxygen atoms in total. The Morgan fingerprint density at radius 2 is 1.86 bits per heavy atom. The van der Waals surface area contributed by atoms with Crippen LogP contribution in [0.2, 0.25) is 0 Å². The SMILES string of the molecule is CCCCCCCOc1c(F)cccc1C(C)NCCC. The fourth-order valence-electron chi connectivity index (χ4n) is 2.37. The molecule has 0 amide bonds. The number of unbranched alkanes of at least 4 members (excludes halogenated alkanes) is 4. The number of hydrogen-bond donors (Lipinski definition) is 1. The average molecular weight is 295 g/mol. The van der Waals surface area contributed by atoms with Gasteiger partial charge < -0.3 is 10.1 Å². The number of nitrogens with one attached hydrogen (secondary N) is 1. The minimum atomic E-state index is -0.258. The molecule has 0 radical (unpaired) electrons. The molecule has 0 saturated heterocycles. The summed E-state index contributed by atoms with van der Waals surface area (Å²) in [5, 5.41) is 3.39. The Morgan fingerprint density at radius 3 is 2.57 bits per heavy atom. The van der Waals surface area contributed by atoms with Crippen molar-refractivity contribution in [2.45, 2.75) is 65.3 Å². The van der Waals surface area contributed by atoms with Gasteiger partial charge in [-0.3, -0.25) is 0 Å². The molecule has 120 valence electrons. The highest BCUT2D eigenvalue weighted by Crippen LogP contribution is 2.28. The molecule has 1 rings (SSSR count). The quantitative estimate of drug-likeness (QED) is 0.564. The van der Waals surface area contributed by atoms with Crippen LogP contribution in [0.1, 0.15) is 70.9 Å². The summed E-state index contributed by atoms with van der Waals surface area (Å²) in [6.07, 6.45) is 6.94. The van der Waals surface area contributed by atoms with E-state index in [1.807, 2.05) is 6.07 Å². The van der Waals surface area contributed by atoms with Gasteiger partial charge in [0.05, 0.1) is 6.61 Å². The molecule has 0 saturated carbocycles. The normalized spacial score (nSPS) is 12.4. The van der Waals surface area contributed by atoms with Gasteiger partial charge in [0.25, 0.3) is 0 Å². The number of halogens is 1. The Bertz CT molecular complexity index is 395. The molecule has 0 aliphatic carbocycles. The van der Waals surface area contributed by atoms with Crippen LogP contribution in [0.3, 0.4) is 0 Å². The molecule has 0 aliphatic heterocycles. The van der Waals surface area contributed by atoms with Gasteiger partial charge in [0.2, 0.25) is 0 Å². The first kappa shape index (κ1) is 18.0. The van der Waals surface area contributed by atoms with Crippen molar-refractivity contribution < 1.29 is 9.13 Å². The van der Waals surface area contributed by atoms with Crippen LogP contribution in [0, 0.1) is 5.82 Å². The molecule has 1 unspecified atom stereocenters. The van der Waals surface area contributed by atoms with E-state index in [1.54, 1.807) is 6.07 Å². The molecule has 0 aromatic heterocycles. The largest absolute Gasteiger partial charge is 0.490 e. The number of hydrogen-bond acceptors (Lipinski definition) is 2. The third-order valence-corrected chi connectivity index (χ3v) is 3.66. The molecule has 1 atom stereocenters. The molecule has 1 N–H and O–H groups in total. The van der Waals surface area contributed by atoms with Crippen molar-refractivity contribution in [3.05, 3.63) is 29.6 Å². The molecule has 0 heterocycles. The van der Waals surface area contributed by atoms with E-state index < -0.39 is 0 Å². The van der Waals surface area contributed by atoms with Crippen LogP contribution < -0.4 is 10.1 Å². The van der Waals surface area contributed by atoms with Crippen molar-refractivity contribution >= 4 is 0 Å². The highest BCUT2D eigenvalue weighted by atomic mass is 19.1. The molecule has 1 aromatic rings.